The van der Waals surface area contributed by atoms with E-state index in [0.717, 1.165) is 16.6 Å². The smallest absolute Gasteiger partial charge is 0.271 e. The van der Waals surface area contributed by atoms with Crippen LogP contribution in [0.2, 0.25) is 0 Å². The van der Waals surface area contributed by atoms with Crippen molar-refractivity contribution in [1.29, 1.82) is 0 Å². The summed E-state index contributed by atoms with van der Waals surface area (Å²) in [5.74, 6) is -0.157. The summed E-state index contributed by atoms with van der Waals surface area (Å²) in [4.78, 5) is 23.3. The number of anilines is 2. The molecule has 0 fully saturated rings. The van der Waals surface area contributed by atoms with Crippen molar-refractivity contribution < 1.29 is 22.9 Å². The monoisotopic (exact) mass is 407 g/mol. The highest BCUT2D eigenvalue weighted by molar-refractivity contribution is 7.92. The number of rotatable bonds is 8. The Labute approximate surface area is 163 Å². The fourth-order valence-corrected chi connectivity index (χ4v) is 3.97. The van der Waals surface area contributed by atoms with Crippen LogP contribution >= 0.6 is 0 Å². The number of para-hydroxylation sites is 2. The Hall–Kier alpha value is -3.14. The molecule has 0 radical (unpaired) electrons. The second kappa shape index (κ2) is 8.70. The predicted molar refractivity (Wildman–Crippen MR) is 106 cm³/mol. The first-order valence-corrected chi connectivity index (χ1v) is 10.2. The number of carbonyl (C=O) groups is 1. The zero-order valence-corrected chi connectivity index (χ0v) is 16.5. The van der Waals surface area contributed by atoms with Crippen LogP contribution in [-0.4, -0.2) is 38.7 Å². The number of hydrogen-bond donors (Lipinski definition) is 1. The highest BCUT2D eigenvalue weighted by atomic mass is 32.2. The molecule has 2 aromatic rings. The van der Waals surface area contributed by atoms with E-state index in [9.17, 15) is 23.3 Å². The number of benzene rings is 2. The summed E-state index contributed by atoms with van der Waals surface area (Å²) < 4.78 is 31.0. The number of non-ortho nitro benzene ring substituents is 1. The van der Waals surface area contributed by atoms with Crippen molar-refractivity contribution in [3.63, 3.8) is 0 Å². The van der Waals surface area contributed by atoms with Crippen LogP contribution in [0.5, 0.6) is 5.75 Å². The van der Waals surface area contributed by atoms with E-state index in [1.807, 2.05) is 0 Å². The summed E-state index contributed by atoms with van der Waals surface area (Å²) in [5.41, 5.74) is 0.158. The van der Waals surface area contributed by atoms with Gasteiger partial charge < -0.3 is 10.1 Å². The normalized spacial score (nSPS) is 12.1. The summed E-state index contributed by atoms with van der Waals surface area (Å²) in [6, 6.07) is 10.8. The van der Waals surface area contributed by atoms with Crippen LogP contribution in [0.15, 0.2) is 48.5 Å². The predicted octanol–water partition coefficient (Wildman–Crippen LogP) is 2.79. The number of carbonyl (C=O) groups excluding carboxylic acids is 1. The number of sulfonamides is 1. The molecule has 0 bridgehead atoms. The fourth-order valence-electron chi connectivity index (χ4n) is 2.77. The fraction of sp³-hybridized carbons (Fsp3) is 0.278. The van der Waals surface area contributed by atoms with Crippen molar-refractivity contribution in [2.75, 3.05) is 23.0 Å². The van der Waals surface area contributed by atoms with Gasteiger partial charge in [0.25, 0.3) is 5.69 Å². The summed E-state index contributed by atoms with van der Waals surface area (Å²) >= 11 is 0. The molecule has 1 amide bonds. The van der Waals surface area contributed by atoms with Gasteiger partial charge in [-0.2, -0.15) is 0 Å². The largest absolute Gasteiger partial charge is 0.495 e. The lowest BCUT2D eigenvalue weighted by atomic mass is 10.1. The van der Waals surface area contributed by atoms with Gasteiger partial charge in [-0.25, -0.2) is 8.42 Å². The molecule has 0 aromatic heterocycles. The topological polar surface area (TPSA) is 119 Å². The van der Waals surface area contributed by atoms with E-state index in [2.05, 4.69) is 5.32 Å². The Kier molecular flexibility index (Phi) is 6.57. The lowest BCUT2D eigenvalue weighted by Crippen LogP contribution is -2.47. The lowest BCUT2D eigenvalue weighted by Gasteiger charge is -2.30. The van der Waals surface area contributed by atoms with Crippen molar-refractivity contribution in [3.8, 4) is 5.75 Å². The number of nitrogens with one attached hydrogen (secondary N) is 1. The SMILES string of the molecule is CC[C@@H](C(=O)Nc1ccccc1OC)N(c1cccc([N+](=O)[O-])c1)S(C)(=O)=O. The maximum Gasteiger partial charge on any atom is 0.271 e. The summed E-state index contributed by atoms with van der Waals surface area (Å²) in [7, 11) is -2.45. The van der Waals surface area contributed by atoms with Crippen LogP contribution in [0.1, 0.15) is 13.3 Å². The maximum atomic E-state index is 12.9. The molecule has 0 aliphatic heterocycles. The van der Waals surface area contributed by atoms with Crippen LogP contribution in [-0.2, 0) is 14.8 Å². The van der Waals surface area contributed by atoms with Crippen molar-refractivity contribution in [2.45, 2.75) is 19.4 Å². The number of amides is 1. The minimum absolute atomic E-state index is 0.0405. The van der Waals surface area contributed by atoms with Crippen LogP contribution in [0.25, 0.3) is 0 Å². The van der Waals surface area contributed by atoms with Gasteiger partial charge in [-0.05, 0) is 24.6 Å². The molecule has 2 rings (SSSR count). The van der Waals surface area contributed by atoms with Crippen LogP contribution < -0.4 is 14.4 Å². The van der Waals surface area contributed by atoms with Gasteiger partial charge in [-0.3, -0.25) is 19.2 Å². The standard InChI is InChI=1S/C18H21N3O6S/c1-4-16(18(22)19-15-10-5-6-11-17(15)27-2)20(28(3,25)26)13-8-7-9-14(12-13)21(23)24/h5-12,16H,4H2,1-3H3,(H,19,22)/t16-/m0/s1. The molecule has 0 saturated heterocycles. The minimum atomic E-state index is -3.91. The zero-order chi connectivity index (χ0) is 20.9. The van der Waals surface area contributed by atoms with E-state index in [-0.39, 0.29) is 17.8 Å². The number of nitro groups is 1. The van der Waals surface area contributed by atoms with Gasteiger partial charge in [0.2, 0.25) is 15.9 Å². The number of hydrogen-bond acceptors (Lipinski definition) is 6. The molecule has 10 heteroatoms. The highest BCUT2D eigenvalue weighted by Gasteiger charge is 2.32. The van der Waals surface area contributed by atoms with Gasteiger partial charge >= 0.3 is 0 Å². The summed E-state index contributed by atoms with van der Waals surface area (Å²) in [5, 5.41) is 13.7. The highest BCUT2D eigenvalue weighted by Crippen LogP contribution is 2.28. The third-order valence-electron chi connectivity index (χ3n) is 3.99. The number of ether oxygens (including phenoxy) is 1. The van der Waals surface area contributed by atoms with E-state index in [4.69, 9.17) is 4.74 Å². The third-order valence-corrected chi connectivity index (χ3v) is 5.17. The maximum absolute atomic E-state index is 12.9. The van der Waals surface area contributed by atoms with Crippen LogP contribution in [0, 0.1) is 10.1 Å². The van der Waals surface area contributed by atoms with Gasteiger partial charge in [0.15, 0.2) is 0 Å². The second-order valence-electron chi connectivity index (χ2n) is 5.95. The van der Waals surface area contributed by atoms with E-state index in [0.29, 0.717) is 11.4 Å². The lowest BCUT2D eigenvalue weighted by molar-refractivity contribution is -0.384. The van der Waals surface area contributed by atoms with E-state index < -0.39 is 26.9 Å². The average Bonchev–Trinajstić information content (AvgIpc) is 2.65. The molecule has 9 nitrogen and oxygen atoms in total. The molecule has 1 atom stereocenters. The number of nitro benzene ring substituents is 1. The summed E-state index contributed by atoms with van der Waals surface area (Å²) in [6.45, 7) is 1.65. The van der Waals surface area contributed by atoms with Crippen LogP contribution in [0.4, 0.5) is 17.1 Å². The number of nitrogens with zero attached hydrogens (tertiary/aromatic N) is 2. The molecule has 28 heavy (non-hydrogen) atoms. The average molecular weight is 407 g/mol. The van der Waals surface area contributed by atoms with Crippen molar-refractivity contribution in [2.24, 2.45) is 0 Å². The molecule has 150 valence electrons. The molecular weight excluding hydrogens is 386 g/mol. The first kappa shape index (κ1) is 21.2. The molecule has 0 unspecified atom stereocenters. The van der Waals surface area contributed by atoms with Crippen molar-refractivity contribution in [1.82, 2.24) is 0 Å². The summed E-state index contributed by atoms with van der Waals surface area (Å²) in [6.07, 6.45) is 1.10. The molecule has 2 aromatic carbocycles. The molecule has 0 spiro atoms. The molecule has 0 aliphatic carbocycles. The Bertz CT molecular complexity index is 977. The zero-order valence-electron chi connectivity index (χ0n) is 15.7. The Morgan fingerprint density at radius 3 is 2.50 bits per heavy atom. The van der Waals surface area contributed by atoms with Gasteiger partial charge in [0.05, 0.1) is 29.7 Å². The van der Waals surface area contributed by atoms with E-state index in [1.54, 1.807) is 31.2 Å². The van der Waals surface area contributed by atoms with Gasteiger partial charge in [0.1, 0.15) is 11.8 Å². The van der Waals surface area contributed by atoms with Gasteiger partial charge in [-0.1, -0.05) is 25.1 Å². The van der Waals surface area contributed by atoms with Gasteiger partial charge in [0, 0.05) is 12.1 Å². The van der Waals surface area contributed by atoms with E-state index >= 15 is 0 Å². The second-order valence-corrected chi connectivity index (χ2v) is 7.81. The van der Waals surface area contributed by atoms with Crippen molar-refractivity contribution >= 4 is 33.0 Å². The third kappa shape index (κ3) is 4.77. The molecule has 0 saturated carbocycles. The first-order valence-electron chi connectivity index (χ1n) is 8.36. The van der Waals surface area contributed by atoms with Gasteiger partial charge in [-0.15, -0.1) is 0 Å². The molecule has 0 aliphatic rings. The Balaban J connectivity index is 2.45. The molecule has 1 N–H and O–H groups in total. The number of methoxy groups -OCH3 is 1. The quantitative estimate of drug-likeness (QED) is 0.531. The Morgan fingerprint density at radius 2 is 1.93 bits per heavy atom. The Morgan fingerprint density at radius 1 is 1.25 bits per heavy atom. The minimum Gasteiger partial charge on any atom is -0.495 e. The molecule has 0 heterocycles. The van der Waals surface area contributed by atoms with E-state index in [1.165, 1.54) is 25.3 Å². The van der Waals surface area contributed by atoms with Crippen molar-refractivity contribution in [3.05, 3.63) is 58.6 Å². The first-order chi connectivity index (χ1) is 13.2. The van der Waals surface area contributed by atoms with Crippen LogP contribution in [0.3, 0.4) is 0 Å². The molecular formula is C18H21N3O6S.